The van der Waals surface area contributed by atoms with Gasteiger partial charge in [0, 0.05) is 0 Å². The highest BCUT2D eigenvalue weighted by Crippen LogP contribution is 1.61. The van der Waals surface area contributed by atoms with E-state index in [2.05, 4.69) is 26.9 Å². The van der Waals surface area contributed by atoms with Gasteiger partial charge in [0.05, 0.1) is 12.4 Å². The van der Waals surface area contributed by atoms with Crippen molar-refractivity contribution in [2.45, 2.75) is 0 Å². The number of guanidine groups is 1. The van der Waals surface area contributed by atoms with Gasteiger partial charge in [0.25, 0.3) is 0 Å². The molecule has 0 fully saturated rings. The van der Waals surface area contributed by atoms with Crippen LogP contribution < -0.4 is 11.5 Å². The third-order valence-corrected chi connectivity index (χ3v) is 0.409. The molecule has 0 aliphatic rings. The van der Waals surface area contributed by atoms with E-state index in [-0.39, 0.29) is 5.96 Å². The van der Waals surface area contributed by atoms with Crippen molar-refractivity contribution >= 4 is 5.96 Å². The smallest absolute Gasteiger partial charge is 0.183 e. The molecule has 5 N–H and O–H groups in total. The zero-order valence-corrected chi connectivity index (χ0v) is 5.23. The molecule has 0 aromatic carbocycles. The van der Waals surface area contributed by atoms with Crippen LogP contribution in [0.3, 0.4) is 0 Å². The fourth-order valence-corrected chi connectivity index (χ4v) is 0.205. The Morgan fingerprint density at radius 1 is 1.20 bits per heavy atom. The Kier molecular flexibility index (Phi) is 4.49. The van der Waals surface area contributed by atoms with Gasteiger partial charge in [-0.15, -0.1) is 10.2 Å². The number of nitrogens with two attached hydrogens (primary N) is 2. The van der Waals surface area contributed by atoms with Crippen LogP contribution in [0.2, 0.25) is 0 Å². The third kappa shape index (κ3) is 9.56. The van der Waals surface area contributed by atoms with E-state index >= 15 is 0 Å². The zero-order valence-electron chi connectivity index (χ0n) is 5.23. The highest BCUT2D eigenvalue weighted by atomic mass is 15.3. The summed E-state index contributed by atoms with van der Waals surface area (Å²) in [6, 6.07) is 1.72. The molecule has 0 radical (unpaired) electrons. The molecule has 0 spiro atoms. The Bertz CT molecular complexity index is 142. The van der Waals surface area contributed by atoms with Crippen LogP contribution in [0.15, 0.2) is 18.5 Å². The highest BCUT2D eigenvalue weighted by Gasteiger charge is 1.60. The van der Waals surface area contributed by atoms with E-state index in [9.17, 15) is 0 Å². The van der Waals surface area contributed by atoms with Gasteiger partial charge in [-0.1, -0.05) is 0 Å². The summed E-state index contributed by atoms with van der Waals surface area (Å²) < 4.78 is 0. The van der Waals surface area contributed by atoms with Crippen molar-refractivity contribution in [3.63, 3.8) is 0 Å². The van der Waals surface area contributed by atoms with E-state index in [1.54, 1.807) is 18.5 Å². The lowest BCUT2D eigenvalue weighted by Crippen LogP contribution is -2.20. The van der Waals surface area contributed by atoms with Crippen LogP contribution >= 0.6 is 0 Å². The van der Waals surface area contributed by atoms with Crippen molar-refractivity contribution in [1.82, 2.24) is 15.4 Å². The molecule has 1 aromatic heterocycles. The molecular formula is C4H8N6. The second kappa shape index (κ2) is 5.42. The summed E-state index contributed by atoms with van der Waals surface area (Å²) in [6.07, 6.45) is 3.15. The van der Waals surface area contributed by atoms with Gasteiger partial charge in [-0.2, -0.15) is 0 Å². The molecule has 1 heterocycles. The molecule has 0 aliphatic heterocycles. The van der Waals surface area contributed by atoms with E-state index in [4.69, 9.17) is 5.41 Å². The van der Waals surface area contributed by atoms with E-state index in [0.717, 1.165) is 0 Å². The Hall–Kier alpha value is -1.72. The predicted octanol–water partition coefficient (Wildman–Crippen LogP) is -1.29. The fourth-order valence-electron chi connectivity index (χ4n) is 0.205. The van der Waals surface area contributed by atoms with Crippen molar-refractivity contribution in [2.24, 2.45) is 11.5 Å². The normalized spacial score (nSPS) is 7.20. The molecule has 1 aromatic rings. The molecule has 6 nitrogen and oxygen atoms in total. The van der Waals surface area contributed by atoms with E-state index in [1.807, 2.05) is 0 Å². The molecule has 0 saturated carbocycles. The molecule has 0 atom stereocenters. The zero-order chi connectivity index (χ0) is 7.82. The van der Waals surface area contributed by atoms with Gasteiger partial charge in [0.2, 0.25) is 0 Å². The molecule has 0 bridgehead atoms. The first-order valence-corrected chi connectivity index (χ1v) is 2.41. The topological polar surface area (TPSA) is 115 Å². The molecule has 0 amide bonds. The average molecular weight is 140 g/mol. The maximum atomic E-state index is 6.06. The first-order chi connectivity index (χ1) is 4.73. The minimum atomic E-state index is -0.333. The fraction of sp³-hybridized carbons (Fsp3) is 0. The second-order valence-corrected chi connectivity index (χ2v) is 1.27. The average Bonchev–Trinajstić information content (AvgIpc) is 1.90. The van der Waals surface area contributed by atoms with E-state index in [0.29, 0.717) is 0 Å². The SMILES string of the molecule is N=C(N)N.c1cnnnc1. The largest absolute Gasteiger partial charge is 0.370 e. The van der Waals surface area contributed by atoms with Gasteiger partial charge in [-0.3, -0.25) is 5.41 Å². The summed E-state index contributed by atoms with van der Waals surface area (Å²) in [5, 5.41) is 16.2. The molecule has 54 valence electrons. The summed E-state index contributed by atoms with van der Waals surface area (Å²) in [6.45, 7) is 0. The maximum absolute atomic E-state index is 6.06. The van der Waals surface area contributed by atoms with Crippen LogP contribution in [-0.2, 0) is 0 Å². The summed E-state index contributed by atoms with van der Waals surface area (Å²) >= 11 is 0. The Morgan fingerprint density at radius 2 is 1.60 bits per heavy atom. The quantitative estimate of drug-likeness (QED) is 0.306. The second-order valence-electron chi connectivity index (χ2n) is 1.27. The van der Waals surface area contributed by atoms with Crippen LogP contribution in [0.4, 0.5) is 0 Å². The van der Waals surface area contributed by atoms with E-state index < -0.39 is 0 Å². The van der Waals surface area contributed by atoms with Gasteiger partial charge < -0.3 is 11.5 Å². The lowest BCUT2D eigenvalue weighted by molar-refractivity contribution is 0.865. The number of nitrogens with one attached hydrogen (secondary N) is 1. The summed E-state index contributed by atoms with van der Waals surface area (Å²) in [4.78, 5) is 0. The number of nitrogens with zero attached hydrogens (tertiary/aromatic N) is 3. The summed E-state index contributed by atoms with van der Waals surface area (Å²) in [5.41, 5.74) is 8.94. The summed E-state index contributed by atoms with van der Waals surface area (Å²) in [7, 11) is 0. The van der Waals surface area contributed by atoms with Gasteiger partial charge in [-0.05, 0) is 11.3 Å². The van der Waals surface area contributed by atoms with Crippen molar-refractivity contribution in [2.75, 3.05) is 0 Å². The Labute approximate surface area is 57.8 Å². The van der Waals surface area contributed by atoms with Gasteiger partial charge in [0.1, 0.15) is 0 Å². The number of hydrogen-bond acceptors (Lipinski definition) is 4. The van der Waals surface area contributed by atoms with Gasteiger partial charge >= 0.3 is 0 Å². The Balaban J connectivity index is 0.000000180. The molecule has 0 aliphatic carbocycles. The molecular weight excluding hydrogens is 132 g/mol. The third-order valence-electron chi connectivity index (χ3n) is 0.409. The lowest BCUT2D eigenvalue weighted by atomic mass is 10.7. The molecule has 0 unspecified atom stereocenters. The van der Waals surface area contributed by atoms with Crippen molar-refractivity contribution in [3.8, 4) is 0 Å². The van der Waals surface area contributed by atoms with E-state index in [1.165, 1.54) is 0 Å². The standard InChI is InChI=1S/C3H3N3.CH5N3/c1-2-4-6-5-3-1;2-1(3)4/h1-3H;(H5,2,3,4). The Morgan fingerprint density at radius 3 is 1.70 bits per heavy atom. The number of hydrogen-bond donors (Lipinski definition) is 3. The monoisotopic (exact) mass is 140 g/mol. The number of rotatable bonds is 0. The minimum absolute atomic E-state index is 0.333. The van der Waals surface area contributed by atoms with Crippen molar-refractivity contribution < 1.29 is 0 Å². The number of aromatic nitrogens is 3. The van der Waals surface area contributed by atoms with Gasteiger partial charge in [0.15, 0.2) is 5.96 Å². The highest BCUT2D eigenvalue weighted by molar-refractivity contribution is 5.71. The van der Waals surface area contributed by atoms with Gasteiger partial charge in [-0.25, -0.2) is 0 Å². The van der Waals surface area contributed by atoms with Crippen LogP contribution in [0.5, 0.6) is 0 Å². The minimum Gasteiger partial charge on any atom is -0.370 e. The molecule has 6 heteroatoms. The molecule has 1 rings (SSSR count). The molecule has 10 heavy (non-hydrogen) atoms. The maximum Gasteiger partial charge on any atom is 0.183 e. The first-order valence-electron chi connectivity index (χ1n) is 2.41. The van der Waals surface area contributed by atoms with Crippen molar-refractivity contribution in [1.29, 1.82) is 5.41 Å². The van der Waals surface area contributed by atoms with Crippen LogP contribution in [0, 0.1) is 5.41 Å². The summed E-state index contributed by atoms with van der Waals surface area (Å²) in [5.74, 6) is -0.333. The lowest BCUT2D eigenvalue weighted by Gasteiger charge is -1.69. The van der Waals surface area contributed by atoms with Crippen LogP contribution in [0.1, 0.15) is 0 Å². The van der Waals surface area contributed by atoms with Crippen LogP contribution in [-0.4, -0.2) is 21.4 Å². The van der Waals surface area contributed by atoms with Crippen molar-refractivity contribution in [3.05, 3.63) is 18.5 Å². The van der Waals surface area contributed by atoms with Crippen LogP contribution in [0.25, 0.3) is 0 Å². The first kappa shape index (κ1) is 8.28. The molecule has 0 saturated heterocycles. The predicted molar refractivity (Wildman–Crippen MR) is 35.9 cm³/mol.